The monoisotopic (exact) mass is 352 g/mol. The maximum atomic E-state index is 11.9. The minimum absolute atomic E-state index is 0.0726. The van der Waals surface area contributed by atoms with Gasteiger partial charge in [0.2, 0.25) is 5.91 Å². The number of carbonyl (C=O) groups excluding carboxylic acids is 1. The van der Waals surface area contributed by atoms with Crippen LogP contribution in [0.1, 0.15) is 36.8 Å². The van der Waals surface area contributed by atoms with Crippen molar-refractivity contribution in [1.82, 2.24) is 0 Å². The van der Waals surface area contributed by atoms with Gasteiger partial charge in [-0.3, -0.25) is 9.59 Å². The molecule has 0 fully saturated rings. The quantitative estimate of drug-likeness (QED) is 0.709. The van der Waals surface area contributed by atoms with E-state index in [0.717, 1.165) is 25.2 Å². The van der Waals surface area contributed by atoms with Crippen LogP contribution in [0.15, 0.2) is 48.5 Å². The summed E-state index contributed by atoms with van der Waals surface area (Å²) in [4.78, 5) is 24.7. The first kappa shape index (κ1) is 18.0. The zero-order valence-electron chi connectivity index (χ0n) is 14.8. The first-order chi connectivity index (χ1) is 12.6. The van der Waals surface area contributed by atoms with Crippen molar-refractivity contribution >= 4 is 23.3 Å². The van der Waals surface area contributed by atoms with Gasteiger partial charge in [-0.2, -0.15) is 0 Å². The molecule has 0 radical (unpaired) electrons. The number of hydrogen-bond donors (Lipinski definition) is 2. The maximum Gasteiger partial charge on any atom is 0.303 e. The fourth-order valence-electron chi connectivity index (χ4n) is 3.27. The van der Waals surface area contributed by atoms with Crippen LogP contribution in [0, 0.1) is 0 Å². The molecule has 5 heteroatoms. The van der Waals surface area contributed by atoms with Crippen LogP contribution in [0.25, 0.3) is 0 Å². The molecule has 136 valence electrons. The van der Waals surface area contributed by atoms with Gasteiger partial charge in [0, 0.05) is 37.3 Å². The molecule has 0 bridgehead atoms. The summed E-state index contributed by atoms with van der Waals surface area (Å²) in [6, 6.07) is 16.4. The third-order valence-corrected chi connectivity index (χ3v) is 4.64. The smallest absolute Gasteiger partial charge is 0.303 e. The van der Waals surface area contributed by atoms with E-state index >= 15 is 0 Å². The summed E-state index contributed by atoms with van der Waals surface area (Å²) in [5.74, 6) is -0.891. The number of rotatable bonds is 8. The standard InChI is InChI=1S/C21H24N2O3/c24-20(7-3-4-8-21(25)26)22-18-11-9-16(10-12-18)15-23-14-13-17-5-1-2-6-19(17)23/h1-2,5-6,9-12H,3-4,7-8,13-15H2,(H,22,24)(H,25,26). The number of unbranched alkanes of at least 4 members (excludes halogenated alkanes) is 1. The van der Waals surface area contributed by atoms with Crippen molar-refractivity contribution in [2.24, 2.45) is 0 Å². The second-order valence-corrected chi connectivity index (χ2v) is 6.65. The van der Waals surface area contributed by atoms with Crippen LogP contribution in [0.4, 0.5) is 11.4 Å². The molecule has 0 aromatic heterocycles. The second-order valence-electron chi connectivity index (χ2n) is 6.65. The highest BCUT2D eigenvalue weighted by Crippen LogP contribution is 2.28. The summed E-state index contributed by atoms with van der Waals surface area (Å²) in [6.45, 7) is 1.90. The number of fused-ring (bicyclic) bond motifs is 1. The number of anilines is 2. The van der Waals surface area contributed by atoms with Crippen molar-refractivity contribution < 1.29 is 14.7 Å². The number of aliphatic carboxylic acids is 1. The minimum Gasteiger partial charge on any atom is -0.481 e. The van der Waals surface area contributed by atoms with Gasteiger partial charge in [-0.15, -0.1) is 0 Å². The third kappa shape index (κ3) is 4.85. The normalized spacial score (nSPS) is 12.7. The highest BCUT2D eigenvalue weighted by atomic mass is 16.4. The summed E-state index contributed by atoms with van der Waals surface area (Å²) in [5.41, 5.74) is 4.70. The van der Waals surface area contributed by atoms with Crippen LogP contribution in [0.2, 0.25) is 0 Å². The van der Waals surface area contributed by atoms with E-state index in [1.54, 1.807) is 0 Å². The van der Waals surface area contributed by atoms with Crippen molar-refractivity contribution in [2.75, 3.05) is 16.8 Å². The Balaban J connectivity index is 1.48. The van der Waals surface area contributed by atoms with Gasteiger partial charge < -0.3 is 15.3 Å². The molecule has 3 rings (SSSR count). The maximum absolute atomic E-state index is 11.9. The van der Waals surface area contributed by atoms with E-state index in [1.807, 2.05) is 24.3 Å². The van der Waals surface area contributed by atoms with Crippen LogP contribution in [0.3, 0.4) is 0 Å². The van der Waals surface area contributed by atoms with Gasteiger partial charge in [0.15, 0.2) is 0 Å². The number of nitrogens with one attached hydrogen (secondary N) is 1. The van der Waals surface area contributed by atoms with Gasteiger partial charge in [0.1, 0.15) is 0 Å². The van der Waals surface area contributed by atoms with Crippen LogP contribution >= 0.6 is 0 Å². The van der Waals surface area contributed by atoms with E-state index < -0.39 is 5.97 Å². The number of amides is 1. The Kier molecular flexibility index (Phi) is 5.89. The molecule has 1 heterocycles. The molecule has 0 saturated heterocycles. The molecule has 0 aliphatic carbocycles. The Bertz CT molecular complexity index is 771. The number of hydrogen-bond acceptors (Lipinski definition) is 3. The number of benzene rings is 2. The number of nitrogens with zero attached hydrogens (tertiary/aromatic N) is 1. The van der Waals surface area contributed by atoms with Gasteiger partial charge in [0.25, 0.3) is 0 Å². The third-order valence-electron chi connectivity index (χ3n) is 4.64. The van der Waals surface area contributed by atoms with E-state index in [-0.39, 0.29) is 12.3 Å². The SMILES string of the molecule is O=C(O)CCCCC(=O)Nc1ccc(CN2CCc3ccccc32)cc1. The first-order valence-electron chi connectivity index (χ1n) is 9.05. The predicted molar refractivity (Wildman–Crippen MR) is 102 cm³/mol. The van der Waals surface area contributed by atoms with E-state index in [0.29, 0.717) is 19.3 Å². The van der Waals surface area contributed by atoms with E-state index in [9.17, 15) is 9.59 Å². The summed E-state index contributed by atoms with van der Waals surface area (Å²) >= 11 is 0. The summed E-state index contributed by atoms with van der Waals surface area (Å²) in [5, 5.41) is 11.5. The molecule has 0 saturated carbocycles. The molecule has 1 aliphatic rings. The fraction of sp³-hybridized carbons (Fsp3) is 0.333. The Morgan fingerprint density at radius 2 is 1.73 bits per heavy atom. The number of para-hydroxylation sites is 1. The molecular formula is C21H24N2O3. The average Bonchev–Trinajstić information content (AvgIpc) is 3.03. The molecular weight excluding hydrogens is 328 g/mol. The zero-order valence-corrected chi connectivity index (χ0v) is 14.8. The topological polar surface area (TPSA) is 69.6 Å². The van der Waals surface area contributed by atoms with Gasteiger partial charge in [-0.1, -0.05) is 30.3 Å². The molecule has 0 spiro atoms. The first-order valence-corrected chi connectivity index (χ1v) is 9.05. The van der Waals surface area contributed by atoms with Gasteiger partial charge in [-0.25, -0.2) is 0 Å². The van der Waals surface area contributed by atoms with Gasteiger partial charge in [0.05, 0.1) is 0 Å². The molecule has 0 atom stereocenters. The second kappa shape index (κ2) is 8.52. The lowest BCUT2D eigenvalue weighted by Gasteiger charge is -2.19. The average molecular weight is 352 g/mol. The minimum atomic E-state index is -0.818. The van der Waals surface area contributed by atoms with E-state index in [1.165, 1.54) is 16.8 Å². The zero-order chi connectivity index (χ0) is 18.4. The van der Waals surface area contributed by atoms with Crippen molar-refractivity contribution in [3.63, 3.8) is 0 Å². The van der Waals surface area contributed by atoms with Gasteiger partial charge in [-0.05, 0) is 48.6 Å². The van der Waals surface area contributed by atoms with Gasteiger partial charge >= 0.3 is 5.97 Å². The molecule has 5 nitrogen and oxygen atoms in total. The molecule has 0 unspecified atom stereocenters. The summed E-state index contributed by atoms with van der Waals surface area (Å²) in [7, 11) is 0. The largest absolute Gasteiger partial charge is 0.481 e. The number of carboxylic acids is 1. The Hall–Kier alpha value is -2.82. The van der Waals surface area contributed by atoms with E-state index in [2.05, 4.69) is 34.5 Å². The fourth-order valence-corrected chi connectivity index (χ4v) is 3.27. The van der Waals surface area contributed by atoms with Crippen LogP contribution < -0.4 is 10.2 Å². The number of carbonyl (C=O) groups is 2. The van der Waals surface area contributed by atoms with Crippen molar-refractivity contribution in [2.45, 2.75) is 38.6 Å². The van der Waals surface area contributed by atoms with E-state index in [4.69, 9.17) is 5.11 Å². The summed E-state index contributed by atoms with van der Waals surface area (Å²) in [6.07, 6.45) is 2.66. The molecule has 1 aliphatic heterocycles. The highest BCUT2D eigenvalue weighted by molar-refractivity contribution is 5.90. The lowest BCUT2D eigenvalue weighted by molar-refractivity contribution is -0.137. The van der Waals surface area contributed by atoms with Crippen molar-refractivity contribution in [3.8, 4) is 0 Å². The van der Waals surface area contributed by atoms with Crippen LogP contribution in [-0.4, -0.2) is 23.5 Å². The van der Waals surface area contributed by atoms with Crippen molar-refractivity contribution in [1.29, 1.82) is 0 Å². The summed E-state index contributed by atoms with van der Waals surface area (Å²) < 4.78 is 0. The van der Waals surface area contributed by atoms with Crippen LogP contribution in [0.5, 0.6) is 0 Å². The molecule has 2 N–H and O–H groups in total. The molecule has 2 aromatic carbocycles. The molecule has 2 aromatic rings. The van der Waals surface area contributed by atoms with Crippen molar-refractivity contribution in [3.05, 3.63) is 59.7 Å². The highest BCUT2D eigenvalue weighted by Gasteiger charge is 2.18. The Morgan fingerprint density at radius 3 is 2.50 bits per heavy atom. The molecule has 1 amide bonds. The lowest BCUT2D eigenvalue weighted by Crippen LogP contribution is -2.19. The Labute approximate surface area is 153 Å². The lowest BCUT2D eigenvalue weighted by atomic mass is 10.1. The Morgan fingerprint density at radius 1 is 1.00 bits per heavy atom. The number of carboxylic acid groups (broad SMARTS) is 1. The predicted octanol–water partition coefficient (Wildman–Crippen LogP) is 3.83. The van der Waals surface area contributed by atoms with Crippen LogP contribution in [-0.2, 0) is 22.6 Å². The molecule has 26 heavy (non-hydrogen) atoms.